The number of benzene rings is 1. The molecule has 19 heavy (non-hydrogen) atoms. The first-order chi connectivity index (χ1) is 9.23. The number of hydrogen-bond acceptors (Lipinski definition) is 3. The quantitative estimate of drug-likeness (QED) is 0.846. The van der Waals surface area contributed by atoms with Crippen LogP contribution in [0.25, 0.3) is 0 Å². The number of piperidine rings is 1. The molecule has 1 saturated heterocycles. The third kappa shape index (κ3) is 2.81. The molecule has 0 aliphatic carbocycles. The van der Waals surface area contributed by atoms with Crippen molar-refractivity contribution in [2.24, 2.45) is 0 Å². The minimum Gasteiger partial charge on any atom is -0.465 e. The lowest BCUT2D eigenvalue weighted by Crippen LogP contribution is -2.46. The predicted octanol–water partition coefficient (Wildman–Crippen LogP) is 2.43. The average molecular weight is 261 g/mol. The van der Waals surface area contributed by atoms with Gasteiger partial charge in [-0.15, -0.1) is 0 Å². The Kier molecular flexibility index (Phi) is 4.59. The summed E-state index contributed by atoms with van der Waals surface area (Å²) in [5, 5.41) is 3.32. The second-order valence-electron chi connectivity index (χ2n) is 5.10. The maximum absolute atomic E-state index is 12.4. The number of esters is 1. The fourth-order valence-corrected chi connectivity index (χ4v) is 2.79. The molecule has 3 heteroatoms. The number of aryl methyl sites for hydroxylation is 1. The van der Waals surface area contributed by atoms with Crippen LogP contribution in [0.3, 0.4) is 0 Å². The van der Waals surface area contributed by atoms with Crippen molar-refractivity contribution in [2.45, 2.75) is 38.5 Å². The van der Waals surface area contributed by atoms with E-state index in [0.717, 1.165) is 37.9 Å². The number of rotatable bonds is 4. The molecule has 0 unspecified atom stereocenters. The molecular formula is C16H23NO2. The number of carbonyl (C=O) groups excluding carboxylic acids is 1. The van der Waals surface area contributed by atoms with Gasteiger partial charge in [0.05, 0.1) is 12.0 Å². The Morgan fingerprint density at radius 1 is 1.21 bits per heavy atom. The zero-order valence-electron chi connectivity index (χ0n) is 11.9. The topological polar surface area (TPSA) is 38.3 Å². The molecule has 1 heterocycles. The Bertz CT molecular complexity index is 419. The van der Waals surface area contributed by atoms with Crippen molar-refractivity contribution in [3.63, 3.8) is 0 Å². The zero-order valence-corrected chi connectivity index (χ0v) is 11.9. The van der Waals surface area contributed by atoms with E-state index in [4.69, 9.17) is 4.74 Å². The first-order valence-electron chi connectivity index (χ1n) is 7.20. The second kappa shape index (κ2) is 6.20. The molecular weight excluding hydrogens is 238 g/mol. The summed E-state index contributed by atoms with van der Waals surface area (Å²) >= 11 is 0. The van der Waals surface area contributed by atoms with Crippen molar-refractivity contribution in [2.75, 3.05) is 19.7 Å². The lowest BCUT2D eigenvalue weighted by Gasteiger charge is -2.35. The summed E-state index contributed by atoms with van der Waals surface area (Å²) in [5.74, 6) is -0.0688. The minimum absolute atomic E-state index is 0.0688. The van der Waals surface area contributed by atoms with Gasteiger partial charge in [-0.25, -0.2) is 0 Å². The first kappa shape index (κ1) is 14.1. The fraction of sp³-hybridized carbons (Fsp3) is 0.562. The Morgan fingerprint density at radius 2 is 1.84 bits per heavy atom. The molecule has 1 aliphatic rings. The van der Waals surface area contributed by atoms with Crippen molar-refractivity contribution in [1.29, 1.82) is 0 Å². The van der Waals surface area contributed by atoms with Gasteiger partial charge in [0.25, 0.3) is 0 Å². The van der Waals surface area contributed by atoms with Crippen LogP contribution in [0.15, 0.2) is 24.3 Å². The summed E-state index contributed by atoms with van der Waals surface area (Å²) < 4.78 is 5.33. The van der Waals surface area contributed by atoms with Crippen LogP contribution in [-0.4, -0.2) is 25.7 Å². The molecule has 0 aromatic heterocycles. The third-order valence-corrected chi connectivity index (χ3v) is 4.04. The molecule has 104 valence electrons. The molecule has 1 aromatic rings. The van der Waals surface area contributed by atoms with E-state index in [1.54, 1.807) is 0 Å². The predicted molar refractivity (Wildman–Crippen MR) is 76.2 cm³/mol. The molecule has 0 radical (unpaired) electrons. The van der Waals surface area contributed by atoms with E-state index in [0.29, 0.717) is 6.61 Å². The molecule has 0 bridgehead atoms. The largest absolute Gasteiger partial charge is 0.465 e. The summed E-state index contributed by atoms with van der Waals surface area (Å²) in [7, 11) is 0. The van der Waals surface area contributed by atoms with Crippen LogP contribution in [0.1, 0.15) is 37.8 Å². The van der Waals surface area contributed by atoms with E-state index in [2.05, 4.69) is 36.5 Å². The molecule has 1 fully saturated rings. The standard InChI is InChI=1S/C16H23NO2/c1-3-13-5-7-14(8-6-13)16(15(18)19-4-2)9-11-17-12-10-16/h5-8,17H,3-4,9-12H2,1-2H3. The van der Waals surface area contributed by atoms with Gasteiger partial charge in [-0.3, -0.25) is 4.79 Å². The normalized spacial score (nSPS) is 18.0. The highest BCUT2D eigenvalue weighted by atomic mass is 16.5. The Labute approximate surface area is 115 Å². The van der Waals surface area contributed by atoms with Gasteiger partial charge in [-0.05, 0) is 50.4 Å². The molecule has 0 atom stereocenters. The van der Waals surface area contributed by atoms with E-state index in [9.17, 15) is 4.79 Å². The Balaban J connectivity index is 2.32. The van der Waals surface area contributed by atoms with Crippen LogP contribution in [-0.2, 0) is 21.4 Å². The Hall–Kier alpha value is -1.35. The van der Waals surface area contributed by atoms with Crippen LogP contribution in [0.2, 0.25) is 0 Å². The zero-order chi connectivity index (χ0) is 13.7. The van der Waals surface area contributed by atoms with Gasteiger partial charge in [-0.2, -0.15) is 0 Å². The molecule has 0 amide bonds. The van der Waals surface area contributed by atoms with Gasteiger partial charge in [-0.1, -0.05) is 31.2 Å². The van der Waals surface area contributed by atoms with E-state index in [1.807, 2.05) is 6.92 Å². The van der Waals surface area contributed by atoms with Crippen molar-refractivity contribution in [1.82, 2.24) is 5.32 Å². The summed E-state index contributed by atoms with van der Waals surface area (Å²) in [6, 6.07) is 8.44. The molecule has 1 aliphatic heterocycles. The second-order valence-corrected chi connectivity index (χ2v) is 5.10. The van der Waals surface area contributed by atoms with Gasteiger partial charge < -0.3 is 10.1 Å². The summed E-state index contributed by atoms with van der Waals surface area (Å²) in [6.07, 6.45) is 2.66. The first-order valence-corrected chi connectivity index (χ1v) is 7.20. The van der Waals surface area contributed by atoms with Gasteiger partial charge in [0.15, 0.2) is 0 Å². The SMILES string of the molecule is CCOC(=O)C1(c2ccc(CC)cc2)CCNCC1. The summed E-state index contributed by atoms with van der Waals surface area (Å²) in [6.45, 7) is 6.19. The van der Waals surface area contributed by atoms with Gasteiger partial charge in [0, 0.05) is 0 Å². The Morgan fingerprint density at radius 3 is 2.37 bits per heavy atom. The maximum Gasteiger partial charge on any atom is 0.316 e. The van der Waals surface area contributed by atoms with Crippen molar-refractivity contribution < 1.29 is 9.53 Å². The fourth-order valence-electron chi connectivity index (χ4n) is 2.79. The van der Waals surface area contributed by atoms with E-state index >= 15 is 0 Å². The molecule has 1 aromatic carbocycles. The highest BCUT2D eigenvalue weighted by Crippen LogP contribution is 2.35. The number of hydrogen-bond donors (Lipinski definition) is 1. The van der Waals surface area contributed by atoms with Crippen molar-refractivity contribution in [3.05, 3.63) is 35.4 Å². The van der Waals surface area contributed by atoms with Crippen LogP contribution in [0.4, 0.5) is 0 Å². The van der Waals surface area contributed by atoms with E-state index in [1.165, 1.54) is 5.56 Å². The lowest BCUT2D eigenvalue weighted by atomic mass is 9.73. The van der Waals surface area contributed by atoms with Gasteiger partial charge >= 0.3 is 5.97 Å². The molecule has 3 nitrogen and oxygen atoms in total. The summed E-state index contributed by atoms with van der Waals surface area (Å²) in [5.41, 5.74) is 1.95. The van der Waals surface area contributed by atoms with Crippen LogP contribution < -0.4 is 5.32 Å². The smallest absolute Gasteiger partial charge is 0.316 e. The van der Waals surface area contributed by atoms with Crippen LogP contribution in [0, 0.1) is 0 Å². The molecule has 0 saturated carbocycles. The highest BCUT2D eigenvalue weighted by Gasteiger charge is 2.42. The van der Waals surface area contributed by atoms with Gasteiger partial charge in [0.2, 0.25) is 0 Å². The monoisotopic (exact) mass is 261 g/mol. The third-order valence-electron chi connectivity index (χ3n) is 4.04. The molecule has 2 rings (SSSR count). The number of carbonyl (C=O) groups is 1. The van der Waals surface area contributed by atoms with Gasteiger partial charge in [0.1, 0.15) is 0 Å². The van der Waals surface area contributed by atoms with Crippen molar-refractivity contribution in [3.8, 4) is 0 Å². The lowest BCUT2D eigenvalue weighted by molar-refractivity contribution is -0.151. The highest BCUT2D eigenvalue weighted by molar-refractivity contribution is 5.83. The van der Waals surface area contributed by atoms with Crippen LogP contribution >= 0.6 is 0 Å². The average Bonchev–Trinajstić information content (AvgIpc) is 2.48. The summed E-state index contributed by atoms with van der Waals surface area (Å²) in [4.78, 5) is 12.4. The maximum atomic E-state index is 12.4. The minimum atomic E-state index is -0.451. The van der Waals surface area contributed by atoms with E-state index < -0.39 is 5.41 Å². The number of ether oxygens (including phenoxy) is 1. The molecule has 0 spiro atoms. The van der Waals surface area contributed by atoms with Crippen molar-refractivity contribution >= 4 is 5.97 Å². The van der Waals surface area contributed by atoms with Crippen LogP contribution in [0.5, 0.6) is 0 Å². The molecule has 1 N–H and O–H groups in total. The van der Waals surface area contributed by atoms with E-state index in [-0.39, 0.29) is 5.97 Å². The number of nitrogens with one attached hydrogen (secondary N) is 1.